The van der Waals surface area contributed by atoms with Gasteiger partial charge in [0.25, 0.3) is 0 Å². The standard InChI is InChI=1S/C37H42N4O5/c1-9-23-19(3)28-15-29-21(5)25(11-13-34(43)45-7)32(39-29)17-33-26(12-14-35(44)46-8)22(6)36(41-33)27(18-42)37-24(10-2)20(4)30(40-37)16-31(23)38-28/h15-18,38,42H,9-14H2,1-8H3. The number of rotatable bonds is 8. The number of nitrogens with one attached hydrogen (secondary N) is 1. The highest BCUT2D eigenvalue weighted by molar-refractivity contribution is 6.36. The summed E-state index contributed by atoms with van der Waals surface area (Å²) >= 11 is 0. The van der Waals surface area contributed by atoms with Gasteiger partial charge in [-0.15, -0.1) is 0 Å². The van der Waals surface area contributed by atoms with Crippen LogP contribution in [-0.2, 0) is 25.5 Å². The van der Waals surface area contributed by atoms with Crippen molar-refractivity contribution in [1.82, 2.24) is 4.98 Å². The van der Waals surface area contributed by atoms with E-state index in [1.54, 1.807) is 0 Å². The van der Waals surface area contributed by atoms with Crippen LogP contribution >= 0.6 is 0 Å². The summed E-state index contributed by atoms with van der Waals surface area (Å²) < 4.78 is 9.90. The van der Waals surface area contributed by atoms with Gasteiger partial charge in [-0.2, -0.15) is 0 Å². The van der Waals surface area contributed by atoms with Crippen molar-refractivity contribution < 1.29 is 24.2 Å². The summed E-state index contributed by atoms with van der Waals surface area (Å²) in [5.41, 5.74) is 14.7. The Morgan fingerprint density at radius 2 is 1.33 bits per heavy atom. The average molecular weight is 623 g/mol. The third-order valence-electron chi connectivity index (χ3n) is 9.34. The molecule has 4 aliphatic heterocycles. The molecular formula is C37H42N4O5. The molecule has 9 nitrogen and oxygen atoms in total. The molecule has 4 aliphatic rings. The van der Waals surface area contributed by atoms with Gasteiger partial charge in [0.15, 0.2) is 0 Å². The summed E-state index contributed by atoms with van der Waals surface area (Å²) in [4.78, 5) is 43.3. The summed E-state index contributed by atoms with van der Waals surface area (Å²) in [6.45, 7) is 12.4. The number of aliphatic hydroxyl groups is 1. The zero-order chi connectivity index (χ0) is 33.3. The van der Waals surface area contributed by atoms with Gasteiger partial charge in [-0.3, -0.25) is 9.59 Å². The molecule has 1 aromatic heterocycles. The fourth-order valence-electron chi connectivity index (χ4n) is 6.60. The van der Waals surface area contributed by atoms with Gasteiger partial charge in [0.1, 0.15) is 0 Å². The van der Waals surface area contributed by atoms with E-state index < -0.39 is 0 Å². The maximum atomic E-state index is 12.2. The Morgan fingerprint density at radius 1 is 0.739 bits per heavy atom. The second-order valence-electron chi connectivity index (χ2n) is 11.8. The van der Waals surface area contributed by atoms with E-state index in [2.05, 4.69) is 44.8 Å². The third-order valence-corrected chi connectivity index (χ3v) is 9.34. The summed E-state index contributed by atoms with van der Waals surface area (Å²) in [6, 6.07) is 0. The molecule has 0 unspecified atom stereocenters. The van der Waals surface area contributed by atoms with Crippen molar-refractivity contribution in [2.24, 2.45) is 15.0 Å². The number of carbonyl (C=O) groups is 2. The first-order chi connectivity index (χ1) is 22.1. The molecule has 0 radical (unpaired) electrons. The summed E-state index contributed by atoms with van der Waals surface area (Å²) in [5, 5.41) is 10.7. The number of aromatic nitrogens is 1. The smallest absolute Gasteiger partial charge is 0.305 e. The van der Waals surface area contributed by atoms with E-state index in [0.717, 1.165) is 80.9 Å². The number of hydrogen-bond donors (Lipinski definition) is 2. The molecule has 0 aliphatic carbocycles. The molecule has 1 aromatic rings. The van der Waals surface area contributed by atoms with E-state index in [4.69, 9.17) is 24.5 Å². The second-order valence-corrected chi connectivity index (χ2v) is 11.8. The molecule has 0 atom stereocenters. The quantitative estimate of drug-likeness (QED) is 0.229. The lowest BCUT2D eigenvalue weighted by atomic mass is 9.91. The third kappa shape index (κ3) is 5.82. The fraction of sp³-hybridized carbons (Fsp3) is 0.378. The molecule has 0 aromatic carbocycles. The van der Waals surface area contributed by atoms with Crippen molar-refractivity contribution in [3.05, 3.63) is 91.0 Å². The van der Waals surface area contributed by atoms with Crippen LogP contribution in [0.3, 0.4) is 0 Å². The van der Waals surface area contributed by atoms with Gasteiger partial charge in [-0.1, -0.05) is 13.8 Å². The number of carbonyl (C=O) groups excluding carboxylic acids is 2. The first kappa shape index (κ1) is 32.6. The number of aliphatic hydroxyl groups excluding tert-OH is 1. The number of aromatic amines is 1. The first-order valence-electron chi connectivity index (χ1n) is 15.8. The van der Waals surface area contributed by atoms with Crippen molar-refractivity contribution >= 4 is 41.2 Å². The molecule has 0 saturated heterocycles. The Labute approximate surface area is 270 Å². The molecule has 240 valence electrons. The predicted molar refractivity (Wildman–Crippen MR) is 183 cm³/mol. The van der Waals surface area contributed by atoms with E-state index in [-0.39, 0.29) is 24.8 Å². The highest BCUT2D eigenvalue weighted by Gasteiger charge is 2.32. The number of esters is 2. The Morgan fingerprint density at radius 3 is 1.93 bits per heavy atom. The van der Waals surface area contributed by atoms with Crippen molar-refractivity contribution in [2.75, 3.05) is 14.2 Å². The van der Waals surface area contributed by atoms with Crippen LogP contribution in [0.25, 0.3) is 12.2 Å². The Hall–Kier alpha value is -4.79. The second kappa shape index (κ2) is 13.3. The Balaban J connectivity index is 1.80. The minimum atomic E-state index is -0.323. The molecule has 0 amide bonds. The van der Waals surface area contributed by atoms with Crippen LogP contribution in [0, 0.1) is 6.92 Å². The van der Waals surface area contributed by atoms with Crippen LogP contribution in [-0.4, -0.2) is 53.4 Å². The highest BCUT2D eigenvalue weighted by Crippen LogP contribution is 2.39. The van der Waals surface area contributed by atoms with Gasteiger partial charge >= 0.3 is 11.9 Å². The Bertz CT molecular complexity index is 1850. The lowest BCUT2D eigenvalue weighted by Gasteiger charge is -2.11. The number of nitrogens with zero attached hydrogens (tertiary/aromatic N) is 3. The zero-order valence-corrected chi connectivity index (χ0v) is 28.0. The van der Waals surface area contributed by atoms with Crippen molar-refractivity contribution in [3.8, 4) is 0 Å². The van der Waals surface area contributed by atoms with E-state index in [1.807, 2.05) is 19.9 Å². The van der Waals surface area contributed by atoms with Crippen molar-refractivity contribution in [3.63, 3.8) is 0 Å². The average Bonchev–Trinajstić information content (AvgIpc) is 3.72. The molecule has 8 bridgehead atoms. The maximum absolute atomic E-state index is 12.2. The van der Waals surface area contributed by atoms with Gasteiger partial charge in [-0.05, 0) is 116 Å². The van der Waals surface area contributed by atoms with Gasteiger partial charge in [0, 0.05) is 24.2 Å². The summed E-state index contributed by atoms with van der Waals surface area (Å²) in [6.07, 6.45) is 9.94. The number of ether oxygens (including phenoxy) is 2. The fourth-order valence-corrected chi connectivity index (χ4v) is 6.60. The molecule has 0 fully saturated rings. The van der Waals surface area contributed by atoms with Gasteiger partial charge in [0.05, 0.1) is 60.3 Å². The van der Waals surface area contributed by atoms with Gasteiger partial charge in [-0.25, -0.2) is 15.0 Å². The molecule has 46 heavy (non-hydrogen) atoms. The van der Waals surface area contributed by atoms with Crippen LogP contribution in [0.5, 0.6) is 0 Å². The van der Waals surface area contributed by atoms with E-state index >= 15 is 0 Å². The van der Waals surface area contributed by atoms with E-state index in [9.17, 15) is 14.7 Å². The van der Waals surface area contributed by atoms with Crippen LogP contribution in [0.15, 0.2) is 83.4 Å². The van der Waals surface area contributed by atoms with Crippen LogP contribution in [0.2, 0.25) is 0 Å². The predicted octanol–water partition coefficient (Wildman–Crippen LogP) is 7.54. The SMILES string of the molecule is CCC1=C(C)C2=Cc3[nH]c(c(C)c3CC)C=C3N=C(C=C4N=C(C(=CO)C1=N2)C(C)=C4CCC(=O)OC)C(CCC(=O)OC)=C3C. The van der Waals surface area contributed by atoms with Crippen LogP contribution in [0.1, 0.15) is 89.2 Å². The summed E-state index contributed by atoms with van der Waals surface area (Å²) in [7, 11) is 2.76. The van der Waals surface area contributed by atoms with E-state index in [1.165, 1.54) is 19.8 Å². The first-order valence-corrected chi connectivity index (χ1v) is 15.8. The summed E-state index contributed by atoms with van der Waals surface area (Å²) in [5.74, 6) is -0.621. The normalized spacial score (nSPS) is 18.5. The largest absolute Gasteiger partial charge is 0.515 e. The molecule has 0 spiro atoms. The zero-order valence-electron chi connectivity index (χ0n) is 28.0. The highest BCUT2D eigenvalue weighted by atomic mass is 16.5. The van der Waals surface area contributed by atoms with Gasteiger partial charge in [0.2, 0.25) is 0 Å². The van der Waals surface area contributed by atoms with Crippen LogP contribution in [0.4, 0.5) is 0 Å². The van der Waals surface area contributed by atoms with Gasteiger partial charge < -0.3 is 19.6 Å². The molecule has 0 saturated carbocycles. The molecule has 2 N–H and O–H groups in total. The number of H-pyrrole nitrogens is 1. The minimum Gasteiger partial charge on any atom is -0.515 e. The number of allylic oxidation sites excluding steroid dienone is 8. The molecule has 9 heteroatoms. The lowest BCUT2D eigenvalue weighted by molar-refractivity contribution is -0.141. The van der Waals surface area contributed by atoms with Crippen molar-refractivity contribution in [2.45, 2.75) is 80.1 Å². The number of aliphatic imine (C=N–C) groups is 3. The molecular weight excluding hydrogens is 580 g/mol. The number of fused-ring (bicyclic) bond motifs is 5. The lowest BCUT2D eigenvalue weighted by Crippen LogP contribution is -2.14. The number of methoxy groups -OCH3 is 2. The minimum absolute atomic E-state index is 0.171. The maximum Gasteiger partial charge on any atom is 0.305 e. The van der Waals surface area contributed by atoms with E-state index in [0.29, 0.717) is 41.2 Å². The van der Waals surface area contributed by atoms with Crippen molar-refractivity contribution in [1.29, 1.82) is 0 Å². The van der Waals surface area contributed by atoms with Crippen LogP contribution < -0.4 is 0 Å². The number of hydrogen-bond acceptors (Lipinski definition) is 8. The topological polar surface area (TPSA) is 126 Å². The Kier molecular flexibility index (Phi) is 9.42. The monoisotopic (exact) mass is 622 g/mol. The molecule has 5 rings (SSSR count). The molecule has 5 heterocycles.